The standard InChI is InChI=1S/C19H19FN4O4/c1-4-23-18(27)14-16(26)15(22-11(3)25)10(2)21-17(14)24(19(23)28)9-12-5-7-13(20)8-6-12/h5-8H,4,9H2,1-3H3,(H,21,26)(H,22,25). The van der Waals surface area contributed by atoms with E-state index in [1.807, 2.05) is 0 Å². The number of H-pyrrole nitrogens is 1. The maximum atomic E-state index is 13.2. The number of aryl methyl sites for hydroxylation is 1. The van der Waals surface area contributed by atoms with Gasteiger partial charge in [0.1, 0.15) is 22.5 Å². The van der Waals surface area contributed by atoms with Crippen LogP contribution in [-0.2, 0) is 17.9 Å². The molecule has 0 aliphatic rings. The van der Waals surface area contributed by atoms with E-state index in [-0.39, 0.29) is 29.8 Å². The first kappa shape index (κ1) is 19.3. The highest BCUT2D eigenvalue weighted by Gasteiger charge is 2.20. The molecule has 0 fully saturated rings. The van der Waals surface area contributed by atoms with Crippen molar-refractivity contribution in [3.63, 3.8) is 0 Å². The smallest absolute Gasteiger partial charge is 0.332 e. The van der Waals surface area contributed by atoms with Crippen molar-refractivity contribution in [2.24, 2.45) is 0 Å². The summed E-state index contributed by atoms with van der Waals surface area (Å²) in [5.74, 6) is -0.868. The number of aromatic amines is 1. The number of nitrogens with one attached hydrogen (secondary N) is 2. The number of amides is 1. The molecule has 0 saturated carbocycles. The summed E-state index contributed by atoms with van der Waals surface area (Å²) < 4.78 is 15.4. The maximum absolute atomic E-state index is 13.2. The van der Waals surface area contributed by atoms with Crippen LogP contribution in [0.25, 0.3) is 11.0 Å². The van der Waals surface area contributed by atoms with Crippen LogP contribution in [0.1, 0.15) is 25.1 Å². The van der Waals surface area contributed by atoms with Gasteiger partial charge in [-0.05, 0) is 31.5 Å². The molecule has 0 bridgehead atoms. The number of halogens is 1. The number of hydrogen-bond acceptors (Lipinski definition) is 4. The lowest BCUT2D eigenvalue weighted by Gasteiger charge is -2.15. The van der Waals surface area contributed by atoms with E-state index >= 15 is 0 Å². The fourth-order valence-electron chi connectivity index (χ4n) is 3.09. The predicted molar refractivity (Wildman–Crippen MR) is 103 cm³/mol. The van der Waals surface area contributed by atoms with Gasteiger partial charge in [0, 0.05) is 19.2 Å². The average Bonchev–Trinajstić information content (AvgIpc) is 2.63. The zero-order chi connectivity index (χ0) is 20.6. The molecule has 0 atom stereocenters. The zero-order valence-corrected chi connectivity index (χ0v) is 15.6. The fourth-order valence-corrected chi connectivity index (χ4v) is 3.09. The quantitative estimate of drug-likeness (QED) is 0.705. The van der Waals surface area contributed by atoms with Crippen molar-refractivity contribution in [3.8, 4) is 0 Å². The third-order valence-electron chi connectivity index (χ3n) is 4.43. The lowest BCUT2D eigenvalue weighted by Crippen LogP contribution is -2.42. The number of hydrogen-bond donors (Lipinski definition) is 2. The SMILES string of the molecule is CCn1c(=O)c2c(=O)c(NC(C)=O)c(C)[nH]c2n(Cc2ccc(F)cc2)c1=O. The van der Waals surface area contributed by atoms with E-state index in [2.05, 4.69) is 10.3 Å². The lowest BCUT2D eigenvalue weighted by atomic mass is 10.2. The topological polar surface area (TPSA) is 106 Å². The minimum Gasteiger partial charge on any atom is -0.343 e. The van der Waals surface area contributed by atoms with Crippen LogP contribution in [0.5, 0.6) is 0 Å². The third-order valence-corrected chi connectivity index (χ3v) is 4.43. The van der Waals surface area contributed by atoms with Crippen molar-refractivity contribution in [1.82, 2.24) is 14.1 Å². The molecule has 2 aromatic heterocycles. The highest BCUT2D eigenvalue weighted by atomic mass is 19.1. The van der Waals surface area contributed by atoms with Gasteiger partial charge >= 0.3 is 5.69 Å². The van der Waals surface area contributed by atoms with Crippen LogP contribution in [0.2, 0.25) is 0 Å². The minimum atomic E-state index is -0.731. The van der Waals surface area contributed by atoms with Crippen LogP contribution < -0.4 is 22.0 Å². The molecular weight excluding hydrogens is 367 g/mol. The average molecular weight is 386 g/mol. The molecule has 0 aliphatic carbocycles. The summed E-state index contributed by atoms with van der Waals surface area (Å²) in [6, 6.07) is 5.57. The van der Waals surface area contributed by atoms with Crippen LogP contribution in [0.15, 0.2) is 38.6 Å². The van der Waals surface area contributed by atoms with Crippen molar-refractivity contribution in [3.05, 3.63) is 72.4 Å². The predicted octanol–water partition coefficient (Wildman–Crippen LogP) is 1.33. The van der Waals surface area contributed by atoms with Gasteiger partial charge in [-0.1, -0.05) is 12.1 Å². The Morgan fingerprint density at radius 2 is 1.79 bits per heavy atom. The highest BCUT2D eigenvalue weighted by Crippen LogP contribution is 2.13. The Labute approximate surface area is 158 Å². The first-order chi connectivity index (χ1) is 13.2. The van der Waals surface area contributed by atoms with Crippen molar-refractivity contribution in [1.29, 1.82) is 0 Å². The lowest BCUT2D eigenvalue weighted by molar-refractivity contribution is -0.114. The Kier molecular flexibility index (Phi) is 5.00. The normalized spacial score (nSPS) is 11.0. The van der Waals surface area contributed by atoms with Gasteiger partial charge in [0.2, 0.25) is 11.3 Å². The van der Waals surface area contributed by atoms with Gasteiger partial charge in [-0.2, -0.15) is 0 Å². The van der Waals surface area contributed by atoms with Gasteiger partial charge in [-0.3, -0.25) is 23.5 Å². The molecule has 2 N–H and O–H groups in total. The second-order valence-corrected chi connectivity index (χ2v) is 6.40. The molecule has 3 rings (SSSR count). The minimum absolute atomic E-state index is 0.0325. The molecule has 1 aromatic carbocycles. The summed E-state index contributed by atoms with van der Waals surface area (Å²) in [5.41, 5.74) is -1.03. The van der Waals surface area contributed by atoms with E-state index in [4.69, 9.17) is 0 Å². The molecule has 9 heteroatoms. The Morgan fingerprint density at radius 1 is 1.14 bits per heavy atom. The first-order valence-electron chi connectivity index (χ1n) is 8.66. The van der Waals surface area contributed by atoms with Crippen LogP contribution >= 0.6 is 0 Å². The van der Waals surface area contributed by atoms with Crippen LogP contribution in [0, 0.1) is 12.7 Å². The fraction of sp³-hybridized carbons (Fsp3) is 0.263. The summed E-state index contributed by atoms with van der Waals surface area (Å²) in [4.78, 5) is 52.9. The molecule has 8 nitrogen and oxygen atoms in total. The van der Waals surface area contributed by atoms with Crippen LogP contribution in [0.4, 0.5) is 10.1 Å². The largest absolute Gasteiger partial charge is 0.343 e. The summed E-state index contributed by atoms with van der Waals surface area (Å²) in [6.45, 7) is 4.53. The second kappa shape index (κ2) is 7.26. The van der Waals surface area contributed by atoms with Crippen LogP contribution in [0.3, 0.4) is 0 Å². The van der Waals surface area contributed by atoms with Crippen molar-refractivity contribution in [2.75, 3.05) is 5.32 Å². The van der Waals surface area contributed by atoms with Crippen molar-refractivity contribution >= 4 is 22.6 Å². The second-order valence-electron chi connectivity index (χ2n) is 6.40. The van der Waals surface area contributed by atoms with Gasteiger partial charge in [-0.15, -0.1) is 0 Å². The van der Waals surface area contributed by atoms with E-state index in [0.717, 1.165) is 4.57 Å². The maximum Gasteiger partial charge on any atom is 0.332 e. The van der Waals surface area contributed by atoms with E-state index in [9.17, 15) is 23.6 Å². The van der Waals surface area contributed by atoms with E-state index in [1.165, 1.54) is 35.8 Å². The molecule has 0 saturated heterocycles. The molecular formula is C19H19FN4O4. The summed E-state index contributed by atoms with van der Waals surface area (Å²) in [7, 11) is 0. The van der Waals surface area contributed by atoms with Crippen molar-refractivity contribution < 1.29 is 9.18 Å². The number of fused-ring (bicyclic) bond motifs is 1. The molecule has 0 radical (unpaired) electrons. The molecule has 28 heavy (non-hydrogen) atoms. The van der Waals surface area contributed by atoms with E-state index < -0.39 is 28.4 Å². The number of anilines is 1. The number of carbonyl (C=O) groups excluding carboxylic acids is 1. The van der Waals surface area contributed by atoms with Gasteiger partial charge in [0.05, 0.1) is 6.54 Å². The van der Waals surface area contributed by atoms with Gasteiger partial charge in [0.25, 0.3) is 5.56 Å². The number of aromatic nitrogens is 3. The zero-order valence-electron chi connectivity index (χ0n) is 15.6. The van der Waals surface area contributed by atoms with E-state index in [1.54, 1.807) is 13.8 Å². The van der Waals surface area contributed by atoms with Crippen LogP contribution in [-0.4, -0.2) is 20.0 Å². The highest BCUT2D eigenvalue weighted by molar-refractivity contribution is 5.91. The van der Waals surface area contributed by atoms with Gasteiger partial charge < -0.3 is 10.3 Å². The molecule has 0 spiro atoms. The number of pyridine rings is 1. The monoisotopic (exact) mass is 386 g/mol. The van der Waals surface area contributed by atoms with Gasteiger partial charge in [0.15, 0.2) is 0 Å². The number of nitrogens with zero attached hydrogens (tertiary/aromatic N) is 2. The Bertz CT molecular complexity index is 1250. The third kappa shape index (κ3) is 3.26. The van der Waals surface area contributed by atoms with Crippen molar-refractivity contribution in [2.45, 2.75) is 33.9 Å². The summed E-state index contributed by atoms with van der Waals surface area (Å²) in [6.07, 6.45) is 0. The van der Waals surface area contributed by atoms with Gasteiger partial charge in [-0.25, -0.2) is 9.18 Å². The number of rotatable bonds is 4. The summed E-state index contributed by atoms with van der Waals surface area (Å²) >= 11 is 0. The molecule has 1 amide bonds. The molecule has 3 aromatic rings. The molecule has 0 unspecified atom stereocenters. The molecule has 2 heterocycles. The number of carbonyl (C=O) groups is 1. The Morgan fingerprint density at radius 3 is 2.36 bits per heavy atom. The molecule has 146 valence electrons. The molecule has 0 aliphatic heterocycles. The number of benzene rings is 1. The van der Waals surface area contributed by atoms with E-state index in [0.29, 0.717) is 11.3 Å². The summed E-state index contributed by atoms with van der Waals surface area (Å²) in [5, 5.41) is 2.20. The Hall–Kier alpha value is -3.49. The Balaban J connectivity index is 2.38. The first-order valence-corrected chi connectivity index (χ1v) is 8.66.